The summed E-state index contributed by atoms with van der Waals surface area (Å²) in [4.78, 5) is 0. The van der Waals surface area contributed by atoms with Gasteiger partial charge in [-0.15, -0.1) is 0 Å². The number of hydrogen-bond donors (Lipinski definition) is 0. The number of hydrogen-bond acceptors (Lipinski definition) is 1. The fourth-order valence-corrected chi connectivity index (χ4v) is 2.65. The molecule has 0 aromatic rings. The highest BCUT2D eigenvalue weighted by Gasteiger charge is 2.43. The Kier molecular flexibility index (Phi) is 1.90. The zero-order valence-electron chi connectivity index (χ0n) is 7.38. The molecule has 2 heteroatoms. The SMILES string of the molecule is CCC1OCC[N+]12CCCC2. The second-order valence-electron chi connectivity index (χ2n) is 3.83. The summed E-state index contributed by atoms with van der Waals surface area (Å²) in [6.45, 7) is 7.27. The van der Waals surface area contributed by atoms with Crippen LogP contribution in [0.2, 0.25) is 0 Å². The van der Waals surface area contributed by atoms with Crippen molar-refractivity contribution in [3.8, 4) is 0 Å². The molecule has 2 aliphatic rings. The Hall–Kier alpha value is -0.0800. The minimum Gasteiger partial charge on any atom is -0.323 e. The van der Waals surface area contributed by atoms with E-state index in [-0.39, 0.29) is 0 Å². The molecule has 2 nitrogen and oxygen atoms in total. The van der Waals surface area contributed by atoms with Crippen LogP contribution in [0.15, 0.2) is 0 Å². The van der Waals surface area contributed by atoms with E-state index < -0.39 is 0 Å². The van der Waals surface area contributed by atoms with E-state index >= 15 is 0 Å². The molecule has 11 heavy (non-hydrogen) atoms. The molecule has 1 unspecified atom stereocenters. The van der Waals surface area contributed by atoms with Gasteiger partial charge in [0.15, 0.2) is 6.23 Å². The highest BCUT2D eigenvalue weighted by molar-refractivity contribution is 4.62. The van der Waals surface area contributed by atoms with E-state index in [2.05, 4.69) is 6.92 Å². The van der Waals surface area contributed by atoms with Crippen LogP contribution >= 0.6 is 0 Å². The van der Waals surface area contributed by atoms with Crippen LogP contribution < -0.4 is 0 Å². The third-order valence-electron chi connectivity index (χ3n) is 3.26. The van der Waals surface area contributed by atoms with Gasteiger partial charge in [-0.25, -0.2) is 0 Å². The Bertz CT molecular complexity index is 135. The minimum absolute atomic E-state index is 0.539. The van der Waals surface area contributed by atoms with Crippen LogP contribution in [0, 0.1) is 0 Å². The average molecular weight is 156 g/mol. The van der Waals surface area contributed by atoms with Gasteiger partial charge in [0.25, 0.3) is 0 Å². The zero-order chi connectivity index (χ0) is 7.73. The van der Waals surface area contributed by atoms with Gasteiger partial charge in [-0.2, -0.15) is 0 Å². The van der Waals surface area contributed by atoms with Gasteiger partial charge < -0.3 is 4.74 Å². The van der Waals surface area contributed by atoms with E-state index in [0.29, 0.717) is 6.23 Å². The Labute approximate surface area is 68.7 Å². The standard InChI is InChI=1S/C9H18NO/c1-2-9-10(7-8-11-9)5-3-4-6-10/h9H,2-8H2,1H3/q+1. The van der Waals surface area contributed by atoms with E-state index in [4.69, 9.17) is 4.74 Å². The maximum absolute atomic E-state index is 5.71. The van der Waals surface area contributed by atoms with E-state index in [0.717, 1.165) is 6.61 Å². The first-order valence-corrected chi connectivity index (χ1v) is 4.85. The maximum Gasteiger partial charge on any atom is 0.193 e. The van der Waals surface area contributed by atoms with Crippen molar-refractivity contribution in [2.45, 2.75) is 32.4 Å². The van der Waals surface area contributed by atoms with Gasteiger partial charge in [0, 0.05) is 19.3 Å². The smallest absolute Gasteiger partial charge is 0.193 e. The summed E-state index contributed by atoms with van der Waals surface area (Å²) >= 11 is 0. The largest absolute Gasteiger partial charge is 0.323 e. The summed E-state index contributed by atoms with van der Waals surface area (Å²) in [5.74, 6) is 0. The molecule has 0 amide bonds. The molecule has 2 heterocycles. The molecular weight excluding hydrogens is 138 g/mol. The second kappa shape index (κ2) is 2.76. The molecule has 64 valence electrons. The molecule has 0 saturated carbocycles. The van der Waals surface area contributed by atoms with Crippen molar-refractivity contribution < 1.29 is 9.22 Å². The molecule has 0 bridgehead atoms. The Balaban J connectivity index is 2.09. The van der Waals surface area contributed by atoms with Crippen LogP contribution in [0.25, 0.3) is 0 Å². The predicted molar refractivity (Wildman–Crippen MR) is 44.1 cm³/mol. The van der Waals surface area contributed by atoms with Crippen molar-refractivity contribution in [1.29, 1.82) is 0 Å². The topological polar surface area (TPSA) is 9.23 Å². The molecule has 2 rings (SSSR count). The maximum atomic E-state index is 5.71. The van der Waals surface area contributed by atoms with Gasteiger partial charge >= 0.3 is 0 Å². The highest BCUT2D eigenvalue weighted by atomic mass is 16.5. The molecule has 0 aliphatic carbocycles. The molecular formula is C9H18NO+. The molecule has 2 saturated heterocycles. The molecule has 0 aromatic carbocycles. The lowest BCUT2D eigenvalue weighted by atomic mass is 10.3. The van der Waals surface area contributed by atoms with Crippen LogP contribution in [-0.2, 0) is 4.74 Å². The van der Waals surface area contributed by atoms with Gasteiger partial charge in [-0.1, -0.05) is 6.92 Å². The van der Waals surface area contributed by atoms with Gasteiger partial charge in [-0.3, -0.25) is 4.48 Å². The minimum atomic E-state index is 0.539. The lowest BCUT2D eigenvalue weighted by molar-refractivity contribution is -0.939. The summed E-state index contributed by atoms with van der Waals surface area (Å²) < 4.78 is 7.00. The van der Waals surface area contributed by atoms with Gasteiger partial charge in [-0.05, 0) is 0 Å². The monoisotopic (exact) mass is 156 g/mol. The lowest BCUT2D eigenvalue weighted by Gasteiger charge is -2.33. The molecule has 0 aromatic heterocycles. The lowest BCUT2D eigenvalue weighted by Crippen LogP contribution is -2.49. The van der Waals surface area contributed by atoms with Gasteiger partial charge in [0.1, 0.15) is 13.2 Å². The van der Waals surface area contributed by atoms with Crippen molar-refractivity contribution in [3.05, 3.63) is 0 Å². The third-order valence-corrected chi connectivity index (χ3v) is 3.26. The van der Waals surface area contributed by atoms with Crippen molar-refractivity contribution in [1.82, 2.24) is 0 Å². The number of ether oxygens (including phenoxy) is 1. The Morgan fingerprint density at radius 3 is 2.64 bits per heavy atom. The van der Waals surface area contributed by atoms with Crippen molar-refractivity contribution in [2.24, 2.45) is 0 Å². The van der Waals surface area contributed by atoms with Gasteiger partial charge in [0.2, 0.25) is 0 Å². The normalized spacial score (nSPS) is 35.2. The summed E-state index contributed by atoms with van der Waals surface area (Å²) in [5, 5.41) is 0. The van der Waals surface area contributed by atoms with Crippen molar-refractivity contribution in [3.63, 3.8) is 0 Å². The van der Waals surface area contributed by atoms with Crippen LogP contribution in [0.3, 0.4) is 0 Å². The summed E-state index contributed by atoms with van der Waals surface area (Å²) in [6.07, 6.45) is 4.57. The Morgan fingerprint density at radius 2 is 2.00 bits per heavy atom. The summed E-state index contributed by atoms with van der Waals surface area (Å²) in [6, 6.07) is 0. The van der Waals surface area contributed by atoms with Crippen LogP contribution in [0.1, 0.15) is 26.2 Å². The van der Waals surface area contributed by atoms with Crippen molar-refractivity contribution >= 4 is 0 Å². The van der Waals surface area contributed by atoms with E-state index in [1.54, 1.807) is 0 Å². The molecule has 0 N–H and O–H groups in total. The Morgan fingerprint density at radius 1 is 1.27 bits per heavy atom. The van der Waals surface area contributed by atoms with E-state index in [9.17, 15) is 0 Å². The third kappa shape index (κ3) is 1.09. The molecule has 0 radical (unpaired) electrons. The fraction of sp³-hybridized carbons (Fsp3) is 1.00. The molecule has 2 aliphatic heterocycles. The first kappa shape index (κ1) is 7.56. The van der Waals surface area contributed by atoms with Gasteiger partial charge in [0.05, 0.1) is 13.1 Å². The molecule has 2 fully saturated rings. The number of rotatable bonds is 1. The highest BCUT2D eigenvalue weighted by Crippen LogP contribution is 2.29. The quantitative estimate of drug-likeness (QED) is 0.521. The van der Waals surface area contributed by atoms with E-state index in [1.165, 1.54) is 43.4 Å². The van der Waals surface area contributed by atoms with Crippen LogP contribution in [-0.4, -0.2) is 37.0 Å². The second-order valence-corrected chi connectivity index (χ2v) is 3.83. The average Bonchev–Trinajstić information content (AvgIpc) is 2.62. The first-order chi connectivity index (χ1) is 5.37. The van der Waals surface area contributed by atoms with E-state index in [1.807, 2.05) is 0 Å². The summed E-state index contributed by atoms with van der Waals surface area (Å²) in [7, 11) is 0. The predicted octanol–water partition coefficient (Wildman–Crippen LogP) is 1.36. The van der Waals surface area contributed by atoms with Crippen LogP contribution in [0.5, 0.6) is 0 Å². The molecule has 1 atom stereocenters. The zero-order valence-corrected chi connectivity index (χ0v) is 7.38. The van der Waals surface area contributed by atoms with Crippen molar-refractivity contribution in [2.75, 3.05) is 26.2 Å². The number of quaternary nitrogens is 1. The molecule has 1 spiro atoms. The fourth-order valence-electron chi connectivity index (χ4n) is 2.65. The number of nitrogens with zero attached hydrogens (tertiary/aromatic N) is 1. The summed E-state index contributed by atoms with van der Waals surface area (Å²) in [5.41, 5.74) is 0. The first-order valence-electron chi connectivity index (χ1n) is 4.85. The van der Waals surface area contributed by atoms with Crippen LogP contribution in [0.4, 0.5) is 0 Å².